The Morgan fingerprint density at radius 3 is 2.48 bits per heavy atom. The summed E-state index contributed by atoms with van der Waals surface area (Å²) in [5.41, 5.74) is 1.05. The van der Waals surface area contributed by atoms with E-state index in [0.29, 0.717) is 17.0 Å². The molecule has 1 aromatic heterocycles. The summed E-state index contributed by atoms with van der Waals surface area (Å²) < 4.78 is 5.63. The number of carbonyl (C=O) groups excluding carboxylic acids is 1. The van der Waals surface area contributed by atoms with Gasteiger partial charge < -0.3 is 10.1 Å². The van der Waals surface area contributed by atoms with Gasteiger partial charge in [0.05, 0.1) is 6.04 Å². The SMILES string of the molecule is CC(C)[C@H](C(=O)Nc1ccc(Oc2ncccc2C#N)cc1)N(C)C. The topological polar surface area (TPSA) is 78.2 Å². The van der Waals surface area contributed by atoms with Gasteiger partial charge in [0.2, 0.25) is 11.8 Å². The number of hydrogen-bond acceptors (Lipinski definition) is 5. The number of anilines is 1. The summed E-state index contributed by atoms with van der Waals surface area (Å²) >= 11 is 0. The van der Waals surface area contributed by atoms with E-state index in [0.717, 1.165) is 0 Å². The number of benzene rings is 1. The van der Waals surface area contributed by atoms with Crippen LogP contribution in [0.25, 0.3) is 0 Å². The molecule has 6 nitrogen and oxygen atoms in total. The first-order valence-electron chi connectivity index (χ1n) is 8.02. The third-order valence-corrected chi connectivity index (χ3v) is 3.68. The Labute approximate surface area is 148 Å². The zero-order chi connectivity index (χ0) is 18.4. The Balaban J connectivity index is 2.07. The number of ether oxygens (including phenoxy) is 1. The molecule has 130 valence electrons. The average Bonchev–Trinajstić information content (AvgIpc) is 2.56. The minimum atomic E-state index is -0.206. The van der Waals surface area contributed by atoms with Crippen LogP contribution in [0.1, 0.15) is 19.4 Å². The van der Waals surface area contributed by atoms with Gasteiger partial charge in [0.1, 0.15) is 17.4 Å². The van der Waals surface area contributed by atoms with Crippen LogP contribution in [0.5, 0.6) is 11.6 Å². The van der Waals surface area contributed by atoms with E-state index in [9.17, 15) is 4.79 Å². The van der Waals surface area contributed by atoms with Crippen molar-refractivity contribution in [3.8, 4) is 17.7 Å². The van der Waals surface area contributed by atoms with Crippen molar-refractivity contribution >= 4 is 11.6 Å². The molecular weight excluding hydrogens is 316 g/mol. The molecule has 0 spiro atoms. The van der Waals surface area contributed by atoms with Crippen LogP contribution >= 0.6 is 0 Å². The van der Waals surface area contributed by atoms with E-state index in [1.54, 1.807) is 42.6 Å². The van der Waals surface area contributed by atoms with Gasteiger partial charge in [-0.15, -0.1) is 0 Å². The highest BCUT2D eigenvalue weighted by Gasteiger charge is 2.24. The largest absolute Gasteiger partial charge is 0.438 e. The van der Waals surface area contributed by atoms with E-state index < -0.39 is 0 Å². The minimum absolute atomic E-state index is 0.0508. The molecule has 0 fully saturated rings. The third-order valence-electron chi connectivity index (χ3n) is 3.68. The van der Waals surface area contributed by atoms with Crippen molar-refractivity contribution < 1.29 is 9.53 Å². The highest BCUT2D eigenvalue weighted by Crippen LogP contribution is 2.24. The van der Waals surface area contributed by atoms with Gasteiger partial charge in [-0.25, -0.2) is 4.98 Å². The molecule has 0 radical (unpaired) electrons. The van der Waals surface area contributed by atoms with Crippen LogP contribution in [-0.2, 0) is 4.79 Å². The molecule has 1 N–H and O–H groups in total. The maximum absolute atomic E-state index is 12.4. The molecule has 1 aromatic carbocycles. The molecule has 0 unspecified atom stereocenters. The quantitative estimate of drug-likeness (QED) is 0.874. The number of pyridine rings is 1. The zero-order valence-corrected chi connectivity index (χ0v) is 14.9. The van der Waals surface area contributed by atoms with E-state index in [1.165, 1.54) is 0 Å². The number of hydrogen-bond donors (Lipinski definition) is 1. The molecule has 0 aliphatic carbocycles. The molecule has 25 heavy (non-hydrogen) atoms. The predicted octanol–water partition coefficient (Wildman–Crippen LogP) is 3.27. The maximum Gasteiger partial charge on any atom is 0.241 e. The predicted molar refractivity (Wildman–Crippen MR) is 96.4 cm³/mol. The first-order valence-corrected chi connectivity index (χ1v) is 8.02. The normalized spacial score (nSPS) is 11.9. The summed E-state index contributed by atoms with van der Waals surface area (Å²) in [6.07, 6.45) is 1.57. The second-order valence-corrected chi connectivity index (χ2v) is 6.24. The Morgan fingerprint density at radius 1 is 1.24 bits per heavy atom. The average molecular weight is 338 g/mol. The van der Waals surface area contributed by atoms with E-state index in [1.807, 2.05) is 38.9 Å². The molecule has 0 saturated heterocycles. The Bertz CT molecular complexity index is 756. The number of carbonyl (C=O) groups is 1. The fraction of sp³-hybridized carbons (Fsp3) is 0.316. The molecule has 6 heteroatoms. The molecule has 0 aliphatic heterocycles. The van der Waals surface area contributed by atoms with Gasteiger partial charge in [-0.2, -0.15) is 5.26 Å². The van der Waals surface area contributed by atoms with Crippen LogP contribution < -0.4 is 10.1 Å². The van der Waals surface area contributed by atoms with Gasteiger partial charge in [0, 0.05) is 11.9 Å². The Morgan fingerprint density at radius 2 is 1.92 bits per heavy atom. The lowest BCUT2D eigenvalue weighted by atomic mass is 10.0. The number of nitriles is 1. The monoisotopic (exact) mass is 338 g/mol. The van der Waals surface area contributed by atoms with Gasteiger partial charge in [0.25, 0.3) is 0 Å². The fourth-order valence-electron chi connectivity index (χ4n) is 2.62. The number of aromatic nitrogens is 1. The Kier molecular flexibility index (Phi) is 6.09. The lowest BCUT2D eigenvalue weighted by Crippen LogP contribution is -2.43. The number of likely N-dealkylation sites (N-methyl/N-ethyl adjacent to an activating group) is 1. The second-order valence-electron chi connectivity index (χ2n) is 6.24. The summed E-state index contributed by atoms with van der Waals surface area (Å²) in [4.78, 5) is 18.4. The van der Waals surface area contributed by atoms with Crippen LogP contribution in [0, 0.1) is 17.2 Å². The number of nitrogens with one attached hydrogen (secondary N) is 1. The molecule has 1 heterocycles. The first kappa shape index (κ1) is 18.4. The van der Waals surface area contributed by atoms with E-state index >= 15 is 0 Å². The standard InChI is InChI=1S/C19H22N4O2/c1-13(2)17(23(3)4)18(24)22-15-7-9-16(10-8-15)25-19-14(12-20)6-5-11-21-19/h5-11,13,17H,1-4H3,(H,22,24)/t17-/m1/s1. The van der Waals surface area contributed by atoms with Gasteiger partial charge in [0.15, 0.2) is 0 Å². The second kappa shape index (κ2) is 8.27. The summed E-state index contributed by atoms with van der Waals surface area (Å²) in [5, 5.41) is 12.0. The smallest absolute Gasteiger partial charge is 0.241 e. The molecule has 0 bridgehead atoms. The molecule has 2 aromatic rings. The van der Waals surface area contributed by atoms with Crippen molar-refractivity contribution in [1.29, 1.82) is 5.26 Å². The number of rotatable bonds is 6. The van der Waals surface area contributed by atoms with Crippen LogP contribution in [0.3, 0.4) is 0 Å². The lowest BCUT2D eigenvalue weighted by molar-refractivity contribution is -0.121. The summed E-state index contributed by atoms with van der Waals surface area (Å²) in [6.45, 7) is 4.03. The molecule has 1 atom stereocenters. The van der Waals surface area contributed by atoms with Crippen molar-refractivity contribution in [2.24, 2.45) is 5.92 Å². The van der Waals surface area contributed by atoms with Crippen LogP contribution in [0.2, 0.25) is 0 Å². The summed E-state index contributed by atoms with van der Waals surface area (Å²) in [6, 6.07) is 12.1. The molecule has 0 saturated carbocycles. The van der Waals surface area contributed by atoms with Crippen LogP contribution in [-0.4, -0.2) is 35.9 Å². The maximum atomic E-state index is 12.4. The molecular formula is C19H22N4O2. The van der Waals surface area contributed by atoms with Gasteiger partial charge in [-0.1, -0.05) is 13.8 Å². The van der Waals surface area contributed by atoms with Crippen LogP contribution in [0.15, 0.2) is 42.6 Å². The van der Waals surface area contributed by atoms with Gasteiger partial charge >= 0.3 is 0 Å². The van der Waals surface area contributed by atoms with Gasteiger partial charge in [-0.05, 0) is 56.4 Å². The highest BCUT2D eigenvalue weighted by atomic mass is 16.5. The van der Waals surface area contributed by atoms with Gasteiger partial charge in [-0.3, -0.25) is 9.69 Å². The highest BCUT2D eigenvalue weighted by molar-refractivity contribution is 5.95. The molecule has 1 amide bonds. The minimum Gasteiger partial charge on any atom is -0.438 e. The lowest BCUT2D eigenvalue weighted by Gasteiger charge is -2.26. The van der Waals surface area contributed by atoms with E-state index in [4.69, 9.17) is 10.00 Å². The van der Waals surface area contributed by atoms with Crippen LogP contribution in [0.4, 0.5) is 5.69 Å². The molecule has 0 aliphatic rings. The van der Waals surface area contributed by atoms with Crippen molar-refractivity contribution in [2.75, 3.05) is 19.4 Å². The zero-order valence-electron chi connectivity index (χ0n) is 14.9. The molecule has 2 rings (SSSR count). The van der Waals surface area contributed by atoms with Crippen molar-refractivity contribution in [3.63, 3.8) is 0 Å². The summed E-state index contributed by atoms with van der Waals surface area (Å²) in [7, 11) is 3.78. The number of amides is 1. The van der Waals surface area contributed by atoms with E-state index in [2.05, 4.69) is 10.3 Å². The van der Waals surface area contributed by atoms with E-state index in [-0.39, 0.29) is 23.7 Å². The third kappa shape index (κ3) is 4.78. The Hall–Kier alpha value is -2.91. The van der Waals surface area contributed by atoms with Crippen molar-refractivity contribution in [2.45, 2.75) is 19.9 Å². The fourth-order valence-corrected chi connectivity index (χ4v) is 2.62. The summed E-state index contributed by atoms with van der Waals surface area (Å²) in [5.74, 6) is 0.951. The van der Waals surface area contributed by atoms with Crippen molar-refractivity contribution in [3.05, 3.63) is 48.2 Å². The first-order chi connectivity index (χ1) is 11.9. The number of nitrogens with zero attached hydrogens (tertiary/aromatic N) is 3. The van der Waals surface area contributed by atoms with Crippen molar-refractivity contribution in [1.82, 2.24) is 9.88 Å².